The van der Waals surface area contributed by atoms with Crippen molar-refractivity contribution in [3.05, 3.63) is 84.0 Å². The summed E-state index contributed by atoms with van der Waals surface area (Å²) in [5, 5.41) is 23.6. The second-order valence-corrected chi connectivity index (χ2v) is 8.38. The molecule has 2 aromatic carbocycles. The van der Waals surface area contributed by atoms with Crippen molar-refractivity contribution >= 4 is 11.6 Å². The van der Waals surface area contributed by atoms with Crippen LogP contribution in [-0.4, -0.2) is 22.8 Å². The lowest BCUT2D eigenvalue weighted by Crippen LogP contribution is -2.31. The number of nitrogens with zero attached hydrogens (tertiary/aromatic N) is 3. The fourth-order valence-corrected chi connectivity index (χ4v) is 4.53. The number of hydrogen-bond acceptors (Lipinski definition) is 5. The van der Waals surface area contributed by atoms with Crippen LogP contribution >= 0.6 is 0 Å². The van der Waals surface area contributed by atoms with Gasteiger partial charge in [0.25, 0.3) is 0 Å². The second-order valence-electron chi connectivity index (χ2n) is 8.38. The van der Waals surface area contributed by atoms with Crippen LogP contribution in [0.25, 0.3) is 17.0 Å². The molecule has 0 fully saturated rings. The minimum atomic E-state index is -0.763. The maximum atomic E-state index is 10.0. The SMILES string of the molecule is COc1ccc(C2c3c(-c4ccccc4)nn(C4=CC(C)CC=C4)c3OC(=N)C2C#N)cc1. The van der Waals surface area contributed by atoms with E-state index in [-0.39, 0.29) is 5.90 Å². The predicted octanol–water partition coefficient (Wildman–Crippen LogP) is 5.64. The van der Waals surface area contributed by atoms with E-state index in [9.17, 15) is 5.26 Å². The van der Waals surface area contributed by atoms with Crippen LogP contribution < -0.4 is 9.47 Å². The van der Waals surface area contributed by atoms with Gasteiger partial charge in [-0.3, -0.25) is 5.41 Å². The average molecular weight is 437 g/mol. The van der Waals surface area contributed by atoms with Crippen molar-refractivity contribution in [1.82, 2.24) is 9.78 Å². The minimum absolute atomic E-state index is 0.0694. The van der Waals surface area contributed by atoms with Crippen molar-refractivity contribution in [2.24, 2.45) is 11.8 Å². The van der Waals surface area contributed by atoms with E-state index in [2.05, 4.69) is 25.1 Å². The van der Waals surface area contributed by atoms with E-state index in [0.717, 1.165) is 40.3 Å². The lowest BCUT2D eigenvalue weighted by atomic mass is 9.79. The van der Waals surface area contributed by atoms with Crippen molar-refractivity contribution in [1.29, 1.82) is 10.7 Å². The van der Waals surface area contributed by atoms with Crippen LogP contribution in [-0.2, 0) is 0 Å². The molecule has 3 aromatic rings. The zero-order chi connectivity index (χ0) is 22.9. The third-order valence-corrected chi connectivity index (χ3v) is 6.17. The number of fused-ring (bicyclic) bond motifs is 1. The maximum Gasteiger partial charge on any atom is 0.228 e. The van der Waals surface area contributed by atoms with E-state index in [4.69, 9.17) is 20.0 Å². The summed E-state index contributed by atoms with van der Waals surface area (Å²) in [6, 6.07) is 19.9. The summed E-state index contributed by atoms with van der Waals surface area (Å²) in [7, 11) is 1.62. The molecule has 1 aliphatic heterocycles. The molecule has 0 amide bonds. The topological polar surface area (TPSA) is 83.9 Å². The summed E-state index contributed by atoms with van der Waals surface area (Å²) in [5.74, 6) is 0.376. The first kappa shape index (κ1) is 20.8. The number of allylic oxidation sites excluding steroid dienone is 4. The van der Waals surface area contributed by atoms with Gasteiger partial charge in [-0.2, -0.15) is 10.4 Å². The molecule has 3 atom stereocenters. The van der Waals surface area contributed by atoms with Gasteiger partial charge < -0.3 is 9.47 Å². The molecule has 3 unspecified atom stereocenters. The largest absolute Gasteiger partial charge is 0.497 e. The monoisotopic (exact) mass is 436 g/mol. The number of methoxy groups -OCH3 is 1. The highest BCUT2D eigenvalue weighted by Gasteiger charge is 2.42. The summed E-state index contributed by atoms with van der Waals surface area (Å²) in [6.45, 7) is 2.16. The number of hydrogen-bond donors (Lipinski definition) is 1. The van der Waals surface area contributed by atoms with Gasteiger partial charge in [-0.05, 0) is 36.1 Å². The lowest BCUT2D eigenvalue weighted by Gasteiger charge is -2.29. The molecule has 0 spiro atoms. The first-order valence-electron chi connectivity index (χ1n) is 11.0. The van der Waals surface area contributed by atoms with Gasteiger partial charge in [0.1, 0.15) is 17.4 Å². The van der Waals surface area contributed by atoms with E-state index in [1.165, 1.54) is 0 Å². The molecule has 1 aromatic heterocycles. The van der Waals surface area contributed by atoms with Crippen LogP contribution in [0.4, 0.5) is 0 Å². The highest BCUT2D eigenvalue weighted by atomic mass is 16.5. The average Bonchev–Trinajstić information content (AvgIpc) is 3.22. The van der Waals surface area contributed by atoms with Gasteiger partial charge in [0.2, 0.25) is 11.8 Å². The smallest absolute Gasteiger partial charge is 0.228 e. The van der Waals surface area contributed by atoms with Gasteiger partial charge >= 0.3 is 0 Å². The predicted molar refractivity (Wildman–Crippen MR) is 127 cm³/mol. The first-order chi connectivity index (χ1) is 16.1. The molecular formula is C27H24N4O2. The van der Waals surface area contributed by atoms with Crippen LogP contribution in [0.1, 0.15) is 30.4 Å². The molecule has 0 radical (unpaired) electrons. The van der Waals surface area contributed by atoms with Gasteiger partial charge in [0.05, 0.1) is 24.4 Å². The quantitative estimate of drug-likeness (QED) is 0.574. The molecule has 2 aliphatic rings. The van der Waals surface area contributed by atoms with Gasteiger partial charge in [-0.15, -0.1) is 0 Å². The Labute approximate surface area is 192 Å². The summed E-state index contributed by atoms with van der Waals surface area (Å²) < 4.78 is 13.1. The summed E-state index contributed by atoms with van der Waals surface area (Å²) in [5.41, 5.74) is 4.33. The van der Waals surface area contributed by atoms with E-state index < -0.39 is 11.8 Å². The molecule has 1 N–H and O–H groups in total. The fraction of sp³-hybridized carbons (Fsp3) is 0.222. The van der Waals surface area contributed by atoms with Crippen molar-refractivity contribution in [2.45, 2.75) is 19.3 Å². The molecule has 6 heteroatoms. The van der Waals surface area contributed by atoms with Gasteiger partial charge in [-0.25, -0.2) is 4.68 Å². The Morgan fingerprint density at radius 1 is 1.15 bits per heavy atom. The van der Waals surface area contributed by atoms with Gasteiger partial charge in [-0.1, -0.05) is 61.5 Å². The van der Waals surface area contributed by atoms with Crippen molar-refractivity contribution in [3.63, 3.8) is 0 Å². The van der Waals surface area contributed by atoms with Crippen molar-refractivity contribution in [2.75, 3.05) is 7.11 Å². The number of nitrogens with one attached hydrogen (secondary N) is 1. The number of benzene rings is 2. The molecule has 0 saturated carbocycles. The standard InChI is InChI=1S/C27H24N4O2/c1-17-7-6-10-20(15-17)31-27-24(25(30-31)19-8-4-3-5-9-19)23(22(16-28)26(29)33-27)18-11-13-21(32-2)14-12-18/h3-6,8-15,17,22-23,29H,7H2,1-2H3. The molecule has 6 nitrogen and oxygen atoms in total. The Kier molecular flexibility index (Phi) is 5.31. The van der Waals surface area contributed by atoms with Crippen molar-refractivity contribution < 1.29 is 9.47 Å². The molecular weight excluding hydrogens is 412 g/mol. The summed E-state index contributed by atoms with van der Waals surface area (Å²) >= 11 is 0. The molecule has 5 rings (SSSR count). The second kappa shape index (κ2) is 8.44. The van der Waals surface area contributed by atoms with Crippen molar-refractivity contribution in [3.8, 4) is 29.0 Å². The number of rotatable bonds is 4. The van der Waals surface area contributed by atoms with Crippen LogP contribution in [0, 0.1) is 28.6 Å². The van der Waals surface area contributed by atoms with Crippen LogP contribution in [0.2, 0.25) is 0 Å². The van der Waals surface area contributed by atoms with E-state index in [0.29, 0.717) is 11.8 Å². The Balaban J connectivity index is 1.78. The summed E-state index contributed by atoms with van der Waals surface area (Å²) in [6.07, 6.45) is 7.30. The Hall–Kier alpha value is -4.11. The zero-order valence-corrected chi connectivity index (χ0v) is 18.5. The molecule has 2 heterocycles. The van der Waals surface area contributed by atoms with Gasteiger partial charge in [0.15, 0.2) is 0 Å². The normalized spacial score (nSPS) is 21.5. The molecule has 164 valence electrons. The highest BCUT2D eigenvalue weighted by Crippen LogP contribution is 2.48. The maximum absolute atomic E-state index is 10.0. The Bertz CT molecular complexity index is 1300. The van der Waals surface area contributed by atoms with E-state index >= 15 is 0 Å². The number of nitriles is 1. The van der Waals surface area contributed by atoms with Crippen LogP contribution in [0.3, 0.4) is 0 Å². The Morgan fingerprint density at radius 3 is 2.58 bits per heavy atom. The van der Waals surface area contributed by atoms with Gasteiger partial charge in [0, 0.05) is 11.5 Å². The summed E-state index contributed by atoms with van der Waals surface area (Å²) in [4.78, 5) is 0. The van der Waals surface area contributed by atoms with E-state index in [1.807, 2.05) is 60.7 Å². The number of aromatic nitrogens is 2. The molecule has 1 aliphatic carbocycles. The number of ether oxygens (including phenoxy) is 2. The zero-order valence-electron chi connectivity index (χ0n) is 18.5. The fourth-order valence-electron chi connectivity index (χ4n) is 4.53. The third-order valence-electron chi connectivity index (χ3n) is 6.17. The minimum Gasteiger partial charge on any atom is -0.497 e. The molecule has 0 bridgehead atoms. The molecule has 33 heavy (non-hydrogen) atoms. The van der Waals surface area contributed by atoms with Crippen LogP contribution in [0.5, 0.6) is 11.6 Å². The highest BCUT2D eigenvalue weighted by molar-refractivity contribution is 5.87. The third kappa shape index (κ3) is 3.62. The van der Waals surface area contributed by atoms with Crippen LogP contribution in [0.15, 0.2) is 72.8 Å². The molecule has 0 saturated heterocycles. The first-order valence-corrected chi connectivity index (χ1v) is 11.0. The Morgan fingerprint density at radius 2 is 1.91 bits per heavy atom. The lowest BCUT2D eigenvalue weighted by molar-refractivity contribution is 0.413. The van der Waals surface area contributed by atoms with E-state index in [1.54, 1.807) is 11.8 Å².